The van der Waals surface area contributed by atoms with Crippen molar-refractivity contribution in [3.8, 4) is 5.69 Å². The Labute approximate surface area is 138 Å². The minimum absolute atomic E-state index is 0.216. The Bertz CT molecular complexity index is 709. The molecule has 5 nitrogen and oxygen atoms in total. The molecule has 7 heteroatoms. The van der Waals surface area contributed by atoms with E-state index in [-0.39, 0.29) is 11.4 Å². The molecule has 116 valence electrons. The fourth-order valence-electron chi connectivity index (χ4n) is 2.32. The van der Waals surface area contributed by atoms with Gasteiger partial charge in [0.1, 0.15) is 0 Å². The molecule has 1 atom stereocenters. The first-order valence-corrected chi connectivity index (χ1v) is 7.64. The van der Waals surface area contributed by atoms with Gasteiger partial charge in [0, 0.05) is 12.8 Å². The van der Waals surface area contributed by atoms with E-state index in [1.807, 2.05) is 6.92 Å². The van der Waals surface area contributed by atoms with Gasteiger partial charge >= 0.3 is 0 Å². The third-order valence-corrected chi connectivity index (χ3v) is 4.36. The monoisotopic (exact) mass is 339 g/mol. The number of benzene rings is 1. The lowest BCUT2D eigenvalue weighted by Crippen LogP contribution is -2.46. The molecule has 0 saturated carbocycles. The van der Waals surface area contributed by atoms with Crippen molar-refractivity contribution in [3.05, 3.63) is 46.2 Å². The lowest BCUT2D eigenvalue weighted by atomic mass is 10.0. The summed E-state index contributed by atoms with van der Waals surface area (Å²) in [6, 6.07) is 6.84. The van der Waals surface area contributed by atoms with E-state index in [4.69, 9.17) is 27.9 Å². The molecule has 22 heavy (non-hydrogen) atoms. The highest BCUT2D eigenvalue weighted by Gasteiger charge is 2.32. The summed E-state index contributed by atoms with van der Waals surface area (Å²) in [6.07, 6.45) is 2.51. The van der Waals surface area contributed by atoms with Crippen LogP contribution in [0.5, 0.6) is 0 Å². The molecule has 0 radical (unpaired) electrons. The second-order valence-corrected chi connectivity index (χ2v) is 6.38. The maximum absolute atomic E-state index is 12.3. The van der Waals surface area contributed by atoms with Gasteiger partial charge in [-0.25, -0.2) is 4.68 Å². The van der Waals surface area contributed by atoms with Crippen molar-refractivity contribution in [1.82, 2.24) is 15.1 Å². The normalized spacial score (nSPS) is 21.0. The number of ether oxygens (including phenoxy) is 1. The number of hydrogen-bond donors (Lipinski definition) is 1. The molecule has 1 aromatic heterocycles. The van der Waals surface area contributed by atoms with Gasteiger partial charge < -0.3 is 10.1 Å². The summed E-state index contributed by atoms with van der Waals surface area (Å²) in [4.78, 5) is 12.3. The lowest BCUT2D eigenvalue weighted by Gasteiger charge is -2.22. The average molecular weight is 340 g/mol. The molecule has 0 aliphatic carbocycles. The number of amides is 1. The Hall–Kier alpha value is -1.56. The van der Waals surface area contributed by atoms with Gasteiger partial charge in [-0.1, -0.05) is 23.2 Å². The van der Waals surface area contributed by atoms with E-state index < -0.39 is 0 Å². The Morgan fingerprint density at radius 3 is 2.86 bits per heavy atom. The predicted molar refractivity (Wildman–Crippen MR) is 84.9 cm³/mol. The first-order chi connectivity index (χ1) is 10.5. The maximum Gasteiger partial charge on any atom is 0.272 e. The third-order valence-electron chi connectivity index (χ3n) is 3.62. The van der Waals surface area contributed by atoms with Crippen LogP contribution in [0.2, 0.25) is 10.0 Å². The van der Waals surface area contributed by atoms with Crippen molar-refractivity contribution < 1.29 is 9.53 Å². The Balaban J connectivity index is 1.78. The number of aromatic nitrogens is 2. The highest BCUT2D eigenvalue weighted by atomic mass is 35.5. The van der Waals surface area contributed by atoms with Gasteiger partial charge in [-0.2, -0.15) is 5.10 Å². The number of rotatable bonds is 3. The summed E-state index contributed by atoms with van der Waals surface area (Å²) in [7, 11) is 0. The summed E-state index contributed by atoms with van der Waals surface area (Å²) < 4.78 is 6.92. The van der Waals surface area contributed by atoms with Crippen LogP contribution >= 0.6 is 23.2 Å². The Morgan fingerprint density at radius 2 is 2.18 bits per heavy atom. The van der Waals surface area contributed by atoms with Crippen LogP contribution in [0.15, 0.2) is 30.5 Å². The fraction of sp³-hybridized carbons (Fsp3) is 0.333. The van der Waals surface area contributed by atoms with Crippen LogP contribution in [0.25, 0.3) is 5.69 Å². The molecule has 1 saturated heterocycles. The number of nitrogens with one attached hydrogen (secondary N) is 1. The van der Waals surface area contributed by atoms with Crippen LogP contribution in [0.3, 0.4) is 0 Å². The molecule has 1 fully saturated rings. The minimum atomic E-state index is -0.329. The molecule has 1 aliphatic heterocycles. The zero-order valence-corrected chi connectivity index (χ0v) is 13.5. The molecule has 0 bridgehead atoms. The quantitative estimate of drug-likeness (QED) is 0.934. The van der Waals surface area contributed by atoms with Crippen LogP contribution in [0.4, 0.5) is 0 Å². The van der Waals surface area contributed by atoms with E-state index in [0.29, 0.717) is 29.0 Å². The zero-order chi connectivity index (χ0) is 15.7. The zero-order valence-electron chi connectivity index (χ0n) is 12.0. The molecule has 2 aromatic rings. The van der Waals surface area contributed by atoms with Crippen molar-refractivity contribution in [2.75, 3.05) is 13.2 Å². The van der Waals surface area contributed by atoms with Crippen molar-refractivity contribution in [2.24, 2.45) is 0 Å². The number of nitrogens with zero attached hydrogens (tertiary/aromatic N) is 2. The molecular weight excluding hydrogens is 325 g/mol. The molecule has 0 spiro atoms. The molecule has 1 N–H and O–H groups in total. The topological polar surface area (TPSA) is 56.2 Å². The van der Waals surface area contributed by atoms with Gasteiger partial charge in [0.05, 0.1) is 27.9 Å². The highest BCUT2D eigenvalue weighted by molar-refractivity contribution is 6.42. The van der Waals surface area contributed by atoms with E-state index >= 15 is 0 Å². The number of halogens is 2. The minimum Gasteiger partial charge on any atom is -0.379 e. The lowest BCUT2D eigenvalue weighted by molar-refractivity contribution is 0.0884. The predicted octanol–water partition coefficient (Wildman–Crippen LogP) is 3.09. The SMILES string of the molecule is CC1(NC(=O)c2ccn(-c3ccc(Cl)c(Cl)c3)n2)CCOC1. The molecule has 2 heterocycles. The van der Waals surface area contributed by atoms with Crippen LogP contribution < -0.4 is 5.32 Å². The summed E-state index contributed by atoms with van der Waals surface area (Å²) >= 11 is 11.9. The van der Waals surface area contributed by atoms with E-state index in [1.165, 1.54) is 0 Å². The van der Waals surface area contributed by atoms with Gasteiger partial charge in [-0.3, -0.25) is 4.79 Å². The molecule has 1 aromatic carbocycles. The second-order valence-electron chi connectivity index (χ2n) is 5.56. The van der Waals surface area contributed by atoms with Crippen molar-refractivity contribution in [2.45, 2.75) is 18.9 Å². The molecule has 1 amide bonds. The first kappa shape index (κ1) is 15.3. The van der Waals surface area contributed by atoms with E-state index in [9.17, 15) is 4.79 Å². The van der Waals surface area contributed by atoms with E-state index in [2.05, 4.69) is 10.4 Å². The van der Waals surface area contributed by atoms with Gasteiger partial charge in [-0.15, -0.1) is 0 Å². The molecule has 3 rings (SSSR count). The fourth-order valence-corrected chi connectivity index (χ4v) is 2.61. The van der Waals surface area contributed by atoms with Gasteiger partial charge in [-0.05, 0) is 37.6 Å². The Kier molecular flexibility index (Phi) is 4.12. The third kappa shape index (κ3) is 3.11. The van der Waals surface area contributed by atoms with Crippen LogP contribution in [-0.4, -0.2) is 34.4 Å². The average Bonchev–Trinajstić information content (AvgIpc) is 3.11. The summed E-state index contributed by atoms with van der Waals surface area (Å²) in [5.41, 5.74) is 0.757. The van der Waals surface area contributed by atoms with Crippen LogP contribution in [0.1, 0.15) is 23.8 Å². The Morgan fingerprint density at radius 1 is 1.36 bits per heavy atom. The van der Waals surface area contributed by atoms with Gasteiger partial charge in [0.2, 0.25) is 0 Å². The molecule has 1 aliphatic rings. The summed E-state index contributed by atoms with van der Waals surface area (Å²) in [5, 5.41) is 8.17. The smallest absolute Gasteiger partial charge is 0.272 e. The maximum atomic E-state index is 12.3. The van der Waals surface area contributed by atoms with Crippen LogP contribution in [-0.2, 0) is 4.74 Å². The number of carbonyl (C=O) groups excluding carboxylic acids is 1. The van der Waals surface area contributed by atoms with Crippen LogP contribution in [0, 0.1) is 0 Å². The second kappa shape index (κ2) is 5.91. The van der Waals surface area contributed by atoms with Crippen molar-refractivity contribution in [3.63, 3.8) is 0 Å². The van der Waals surface area contributed by atoms with E-state index in [0.717, 1.165) is 12.1 Å². The van der Waals surface area contributed by atoms with E-state index in [1.54, 1.807) is 35.1 Å². The standard InChI is InChI=1S/C15H15Cl2N3O2/c1-15(5-7-22-9-15)18-14(21)13-4-6-20(19-13)10-2-3-11(16)12(17)8-10/h2-4,6,8H,5,7,9H2,1H3,(H,18,21). The summed E-state index contributed by atoms with van der Waals surface area (Å²) in [5.74, 6) is -0.216. The number of carbonyl (C=O) groups is 1. The molecule has 1 unspecified atom stereocenters. The van der Waals surface area contributed by atoms with Crippen molar-refractivity contribution in [1.29, 1.82) is 0 Å². The van der Waals surface area contributed by atoms with Gasteiger partial charge in [0.15, 0.2) is 5.69 Å². The van der Waals surface area contributed by atoms with Crippen molar-refractivity contribution >= 4 is 29.1 Å². The molecular formula is C15H15Cl2N3O2. The summed E-state index contributed by atoms with van der Waals surface area (Å²) in [6.45, 7) is 3.15. The first-order valence-electron chi connectivity index (χ1n) is 6.88. The van der Waals surface area contributed by atoms with Gasteiger partial charge in [0.25, 0.3) is 5.91 Å². The number of hydrogen-bond acceptors (Lipinski definition) is 3. The highest BCUT2D eigenvalue weighted by Crippen LogP contribution is 2.24. The largest absolute Gasteiger partial charge is 0.379 e.